The van der Waals surface area contributed by atoms with Crippen molar-refractivity contribution >= 4 is 45.8 Å². The topological polar surface area (TPSA) is 67.8 Å². The number of hydrogen-bond acceptors (Lipinski definition) is 4. The van der Waals surface area contributed by atoms with Gasteiger partial charge in [-0.25, -0.2) is 9.97 Å². The molecule has 5 nitrogen and oxygen atoms in total. The molecule has 3 aromatic rings. The van der Waals surface area contributed by atoms with Gasteiger partial charge in [-0.2, -0.15) is 0 Å². The lowest BCUT2D eigenvalue weighted by atomic mass is 10.1. The van der Waals surface area contributed by atoms with Gasteiger partial charge in [0, 0.05) is 17.6 Å². The molecule has 0 radical (unpaired) electrons. The van der Waals surface area contributed by atoms with E-state index in [4.69, 9.17) is 23.2 Å². The molecule has 21 heavy (non-hydrogen) atoms. The Kier molecular flexibility index (Phi) is 3.68. The van der Waals surface area contributed by atoms with Gasteiger partial charge in [0.15, 0.2) is 0 Å². The van der Waals surface area contributed by atoms with Gasteiger partial charge in [-0.3, -0.25) is 9.78 Å². The van der Waals surface area contributed by atoms with E-state index in [-0.39, 0.29) is 22.2 Å². The highest BCUT2D eigenvalue weighted by atomic mass is 35.5. The van der Waals surface area contributed by atoms with Crippen molar-refractivity contribution in [2.75, 3.05) is 5.32 Å². The average Bonchev–Trinajstić information content (AvgIpc) is 2.45. The van der Waals surface area contributed by atoms with Crippen molar-refractivity contribution in [1.29, 1.82) is 0 Å². The summed E-state index contributed by atoms with van der Waals surface area (Å²) in [4.78, 5) is 24.2. The standard InChI is InChI=1S/C14H8Cl2N4O/c15-10-7-11(20-14(16)18-10)19-13(21)9-5-1-3-8-4-2-6-17-12(8)9/h1-7H,(H,18,19,20,21). The van der Waals surface area contributed by atoms with E-state index < -0.39 is 0 Å². The second-order valence-electron chi connectivity index (χ2n) is 4.18. The van der Waals surface area contributed by atoms with Crippen LogP contribution in [0, 0.1) is 0 Å². The maximum Gasteiger partial charge on any atom is 0.259 e. The second kappa shape index (κ2) is 5.63. The predicted molar refractivity (Wildman–Crippen MR) is 81.7 cm³/mol. The van der Waals surface area contributed by atoms with E-state index in [2.05, 4.69) is 20.3 Å². The molecular formula is C14H8Cl2N4O. The summed E-state index contributed by atoms with van der Waals surface area (Å²) < 4.78 is 0. The van der Waals surface area contributed by atoms with E-state index in [1.807, 2.05) is 18.2 Å². The zero-order valence-electron chi connectivity index (χ0n) is 10.5. The van der Waals surface area contributed by atoms with Gasteiger partial charge < -0.3 is 5.32 Å². The van der Waals surface area contributed by atoms with Gasteiger partial charge in [-0.1, -0.05) is 29.8 Å². The van der Waals surface area contributed by atoms with Crippen molar-refractivity contribution in [3.05, 3.63) is 58.6 Å². The largest absolute Gasteiger partial charge is 0.306 e. The minimum atomic E-state index is -0.342. The number of pyridine rings is 1. The summed E-state index contributed by atoms with van der Waals surface area (Å²) in [6.07, 6.45) is 1.64. The van der Waals surface area contributed by atoms with Crippen LogP contribution in [0.5, 0.6) is 0 Å². The van der Waals surface area contributed by atoms with Crippen LogP contribution in [0.3, 0.4) is 0 Å². The second-order valence-corrected chi connectivity index (χ2v) is 4.91. The van der Waals surface area contributed by atoms with Crippen LogP contribution in [0.4, 0.5) is 5.82 Å². The normalized spacial score (nSPS) is 10.6. The SMILES string of the molecule is O=C(Nc1cc(Cl)nc(Cl)n1)c1cccc2cccnc12. The fourth-order valence-electron chi connectivity index (χ4n) is 1.93. The molecule has 1 N–H and O–H groups in total. The number of para-hydroxylation sites is 1. The maximum atomic E-state index is 12.4. The molecule has 7 heteroatoms. The predicted octanol–water partition coefficient (Wildman–Crippen LogP) is 3.58. The highest BCUT2D eigenvalue weighted by Gasteiger charge is 2.12. The molecule has 0 fully saturated rings. The van der Waals surface area contributed by atoms with Crippen LogP contribution < -0.4 is 5.32 Å². The molecule has 0 spiro atoms. The molecule has 0 saturated carbocycles. The minimum Gasteiger partial charge on any atom is -0.306 e. The summed E-state index contributed by atoms with van der Waals surface area (Å²) in [5, 5.41) is 3.63. The quantitative estimate of drug-likeness (QED) is 0.579. The third-order valence-electron chi connectivity index (χ3n) is 2.79. The molecule has 0 aliphatic carbocycles. The number of benzene rings is 1. The Morgan fingerprint density at radius 1 is 1.10 bits per heavy atom. The highest BCUT2D eigenvalue weighted by molar-refractivity contribution is 6.32. The molecule has 0 aliphatic heterocycles. The Labute approximate surface area is 130 Å². The van der Waals surface area contributed by atoms with Gasteiger partial charge in [-0.05, 0) is 23.7 Å². The number of nitrogens with zero attached hydrogens (tertiary/aromatic N) is 3. The van der Waals surface area contributed by atoms with E-state index in [1.165, 1.54) is 6.07 Å². The summed E-state index contributed by atoms with van der Waals surface area (Å²) in [6.45, 7) is 0. The van der Waals surface area contributed by atoms with Crippen molar-refractivity contribution in [2.24, 2.45) is 0 Å². The third-order valence-corrected chi connectivity index (χ3v) is 3.15. The van der Waals surface area contributed by atoms with Gasteiger partial charge in [-0.15, -0.1) is 0 Å². The van der Waals surface area contributed by atoms with E-state index in [0.717, 1.165) is 5.39 Å². The number of aromatic nitrogens is 3. The lowest BCUT2D eigenvalue weighted by Gasteiger charge is -2.07. The molecule has 2 heterocycles. The number of halogens is 2. The molecule has 3 rings (SSSR count). The zero-order chi connectivity index (χ0) is 14.8. The fourth-order valence-corrected chi connectivity index (χ4v) is 2.33. The van der Waals surface area contributed by atoms with Crippen LogP contribution in [0.25, 0.3) is 10.9 Å². The Morgan fingerprint density at radius 2 is 1.90 bits per heavy atom. The number of nitrogens with one attached hydrogen (secondary N) is 1. The molecule has 104 valence electrons. The van der Waals surface area contributed by atoms with Crippen LogP contribution in [-0.4, -0.2) is 20.9 Å². The Hall–Kier alpha value is -2.24. The van der Waals surface area contributed by atoms with Crippen molar-refractivity contribution in [1.82, 2.24) is 15.0 Å². The smallest absolute Gasteiger partial charge is 0.259 e. The van der Waals surface area contributed by atoms with Crippen molar-refractivity contribution in [2.45, 2.75) is 0 Å². The molecule has 0 atom stereocenters. The van der Waals surface area contributed by atoms with Gasteiger partial charge >= 0.3 is 0 Å². The van der Waals surface area contributed by atoms with E-state index in [1.54, 1.807) is 18.3 Å². The first-order chi connectivity index (χ1) is 10.1. The number of amides is 1. The molecule has 2 aromatic heterocycles. The Balaban J connectivity index is 1.97. The molecule has 1 amide bonds. The van der Waals surface area contributed by atoms with E-state index in [9.17, 15) is 4.79 Å². The first-order valence-corrected chi connectivity index (χ1v) is 6.74. The molecule has 0 unspecified atom stereocenters. The number of carbonyl (C=O) groups excluding carboxylic acids is 1. The van der Waals surface area contributed by atoms with Crippen molar-refractivity contribution in [3.8, 4) is 0 Å². The summed E-state index contributed by atoms with van der Waals surface area (Å²) in [5.74, 6) is -0.108. The van der Waals surface area contributed by atoms with Crippen LogP contribution in [0.1, 0.15) is 10.4 Å². The van der Waals surface area contributed by atoms with Crippen molar-refractivity contribution < 1.29 is 4.79 Å². The average molecular weight is 319 g/mol. The van der Waals surface area contributed by atoms with Crippen LogP contribution in [0.15, 0.2) is 42.6 Å². The fraction of sp³-hybridized carbons (Fsp3) is 0. The molecule has 0 saturated heterocycles. The van der Waals surface area contributed by atoms with Gasteiger partial charge in [0.05, 0.1) is 11.1 Å². The molecule has 0 aliphatic rings. The number of carbonyl (C=O) groups is 1. The lowest BCUT2D eigenvalue weighted by molar-refractivity contribution is 0.102. The Bertz CT molecular complexity index is 813. The van der Waals surface area contributed by atoms with Crippen LogP contribution in [-0.2, 0) is 0 Å². The summed E-state index contributed by atoms with van der Waals surface area (Å²) >= 11 is 11.5. The maximum absolute atomic E-state index is 12.4. The van der Waals surface area contributed by atoms with Crippen LogP contribution in [0.2, 0.25) is 10.4 Å². The molecule has 0 bridgehead atoms. The summed E-state index contributed by atoms with van der Waals surface area (Å²) in [5.41, 5.74) is 1.06. The summed E-state index contributed by atoms with van der Waals surface area (Å²) in [7, 11) is 0. The van der Waals surface area contributed by atoms with E-state index >= 15 is 0 Å². The van der Waals surface area contributed by atoms with Crippen molar-refractivity contribution in [3.63, 3.8) is 0 Å². The zero-order valence-corrected chi connectivity index (χ0v) is 12.1. The van der Waals surface area contributed by atoms with E-state index in [0.29, 0.717) is 11.1 Å². The monoisotopic (exact) mass is 318 g/mol. The summed E-state index contributed by atoms with van der Waals surface area (Å²) in [6, 6.07) is 10.5. The highest BCUT2D eigenvalue weighted by Crippen LogP contribution is 2.19. The number of rotatable bonds is 2. The minimum absolute atomic E-state index is 0.0335. The van der Waals surface area contributed by atoms with Crippen LogP contribution >= 0.6 is 23.2 Å². The Morgan fingerprint density at radius 3 is 2.71 bits per heavy atom. The number of fused-ring (bicyclic) bond motifs is 1. The molecular weight excluding hydrogens is 311 g/mol. The molecule has 1 aromatic carbocycles. The van der Waals surface area contributed by atoms with Gasteiger partial charge in [0.25, 0.3) is 5.91 Å². The number of hydrogen-bond donors (Lipinski definition) is 1. The first-order valence-electron chi connectivity index (χ1n) is 5.99. The van der Waals surface area contributed by atoms with Gasteiger partial charge in [0.2, 0.25) is 5.28 Å². The van der Waals surface area contributed by atoms with Gasteiger partial charge in [0.1, 0.15) is 11.0 Å². The third kappa shape index (κ3) is 2.94. The first kappa shape index (κ1) is 13.7. The lowest BCUT2D eigenvalue weighted by Crippen LogP contribution is -2.14. The number of anilines is 1.